The molecule has 0 saturated heterocycles. The third kappa shape index (κ3) is 17.8. The van der Waals surface area contributed by atoms with Crippen LogP contribution in [0.4, 0.5) is 0 Å². The molecule has 6 aromatic heterocycles. The standard InChI is InChI=1S/C87H75N6.3ClH.3Pt/c1-10-85(4,5)73-40-34-64(35-41-73)79-52-70(55-82(91-79)76-19-13-16-46-88-76)61-28-22-58(23-29-61)67-49-68(59-24-30-62(31-25-59)71-53-80(92-83(56-71)77-20-14-17-47-89-77)65-36-42-74(43-37-65)86(6,7)11-2)51-69(50-67)60-26-32-63(33-27-60)72-54-81(93-84(57-72)78-21-15-18-48-90-78)66-38-44-75(45-39-66)87(8,9)12-3;;;;;;/h13-34,36,38,40-57H,10-12H2,1-9H3;3*1H;;;/q-3;;;;3*+2/p-3. The van der Waals surface area contributed by atoms with Gasteiger partial charge in [0, 0.05) is 18.6 Å². The fourth-order valence-electron chi connectivity index (χ4n) is 11.8. The van der Waals surface area contributed by atoms with E-state index in [0.29, 0.717) is 0 Å². The van der Waals surface area contributed by atoms with Gasteiger partial charge in [0.05, 0.1) is 34.2 Å². The van der Waals surface area contributed by atoms with Crippen molar-refractivity contribution in [2.24, 2.45) is 0 Å². The van der Waals surface area contributed by atoms with E-state index in [2.05, 4.69) is 291 Å². The Kier molecular flexibility index (Phi) is 25.6. The Balaban J connectivity index is 0.00000172. The van der Waals surface area contributed by atoms with Gasteiger partial charge in [-0.15, -0.1) is 106 Å². The average Bonchev–Trinajstić information content (AvgIpc) is 0.798. The fraction of sp³-hybridized carbons (Fsp3) is 0.172. The summed E-state index contributed by atoms with van der Waals surface area (Å²) in [5, 5.41) is 0. The zero-order valence-corrected chi connectivity index (χ0v) is 65.7. The summed E-state index contributed by atoms with van der Waals surface area (Å²) in [7, 11) is 13.8. The molecule has 13 aromatic rings. The van der Waals surface area contributed by atoms with Crippen molar-refractivity contribution in [1.29, 1.82) is 0 Å². The molecule has 7 aromatic carbocycles. The van der Waals surface area contributed by atoms with Crippen molar-refractivity contribution in [2.75, 3.05) is 0 Å². The van der Waals surface area contributed by atoms with Crippen LogP contribution in [0.5, 0.6) is 0 Å². The zero-order valence-electron chi connectivity index (χ0n) is 56.6. The molecule has 0 saturated carbocycles. The van der Waals surface area contributed by atoms with Gasteiger partial charge in [-0.25, -0.2) is 0 Å². The molecule has 0 atom stereocenters. The van der Waals surface area contributed by atoms with Gasteiger partial charge in [-0.2, -0.15) is 0 Å². The van der Waals surface area contributed by atoms with Crippen molar-refractivity contribution in [3.05, 3.63) is 290 Å². The molecule has 0 aliphatic rings. The van der Waals surface area contributed by atoms with Gasteiger partial charge in [-0.05, 0) is 173 Å². The van der Waals surface area contributed by atoms with Crippen LogP contribution in [-0.2, 0) is 72.6 Å². The minimum atomic E-state index is 0.0496. The van der Waals surface area contributed by atoms with Gasteiger partial charge in [0.1, 0.15) is 0 Å². The molecule has 0 bridgehead atoms. The van der Waals surface area contributed by atoms with Crippen molar-refractivity contribution in [3.8, 4) is 135 Å². The van der Waals surface area contributed by atoms with Gasteiger partial charge in [0.25, 0.3) is 0 Å². The molecule has 504 valence electrons. The van der Waals surface area contributed by atoms with Crippen LogP contribution in [0.3, 0.4) is 0 Å². The van der Waals surface area contributed by atoms with E-state index in [9.17, 15) is 0 Å². The number of pyridine rings is 6. The number of hydrogen-bond acceptors (Lipinski definition) is 6. The van der Waals surface area contributed by atoms with Crippen LogP contribution in [0.1, 0.15) is 98.3 Å². The molecule has 0 radical (unpaired) electrons. The first-order valence-electron chi connectivity index (χ1n) is 32.8. The van der Waals surface area contributed by atoms with Gasteiger partial charge in [-0.3, -0.25) is 29.9 Å². The Morgan fingerprint density at radius 2 is 0.485 bits per heavy atom. The summed E-state index contributed by atoms with van der Waals surface area (Å²) in [5.74, 6) is 0. The molecule has 0 aliphatic carbocycles. The van der Waals surface area contributed by atoms with Crippen molar-refractivity contribution < 1.29 is 56.3 Å². The second-order valence-electron chi connectivity index (χ2n) is 26.2. The van der Waals surface area contributed by atoms with E-state index in [4.69, 9.17) is 29.9 Å². The first kappa shape index (κ1) is 74.1. The van der Waals surface area contributed by atoms with Crippen molar-refractivity contribution in [3.63, 3.8) is 0 Å². The Labute approximate surface area is 631 Å². The van der Waals surface area contributed by atoms with Crippen LogP contribution in [-0.4, -0.2) is 29.9 Å². The number of aromatic nitrogens is 6. The average molecular weight is 1900 g/mol. The van der Waals surface area contributed by atoms with Gasteiger partial charge in [-0.1, -0.05) is 191 Å². The van der Waals surface area contributed by atoms with E-state index >= 15 is 0 Å². The van der Waals surface area contributed by atoms with Gasteiger partial charge < -0.3 is 0 Å². The third-order valence-corrected chi connectivity index (χ3v) is 19.1. The molecular formula is C87H75Cl3N6Pt3. The van der Waals surface area contributed by atoms with E-state index in [-0.39, 0.29) is 16.2 Å². The number of rotatable bonds is 18. The van der Waals surface area contributed by atoms with E-state index in [1.54, 1.807) is 56.3 Å². The molecule has 6 nitrogen and oxygen atoms in total. The van der Waals surface area contributed by atoms with E-state index < -0.39 is 0 Å². The first-order valence-corrected chi connectivity index (χ1v) is 41.3. The van der Waals surface area contributed by atoms with E-state index in [0.717, 1.165) is 154 Å². The summed E-state index contributed by atoms with van der Waals surface area (Å²) in [5.41, 5.74) is 27.2. The summed E-state index contributed by atoms with van der Waals surface area (Å²) < 4.78 is 0. The molecule has 0 N–H and O–H groups in total. The van der Waals surface area contributed by atoms with Crippen LogP contribution in [0.2, 0.25) is 0 Å². The molecular weight excluding hydrogens is 1820 g/mol. The molecule has 6 heterocycles. The Hall–Kier alpha value is -7.63. The molecule has 0 aliphatic heterocycles. The number of benzene rings is 7. The summed E-state index contributed by atoms with van der Waals surface area (Å²) >= 11 is 4.83. The van der Waals surface area contributed by atoms with Crippen molar-refractivity contribution in [1.82, 2.24) is 29.9 Å². The first-order chi connectivity index (χ1) is 48.1. The van der Waals surface area contributed by atoms with Crippen LogP contribution in [0.15, 0.2) is 255 Å². The molecule has 0 spiro atoms. The van der Waals surface area contributed by atoms with Crippen molar-refractivity contribution in [2.45, 2.75) is 97.8 Å². The van der Waals surface area contributed by atoms with Crippen LogP contribution >= 0.6 is 28.3 Å². The SMILES string of the molecule is CCC(C)(C)c1c[c-]c(-c2cc(-c3ccc(-c4cc(-c5ccc(-c6cc(-c7[c-]cc(C(C)(C)CC)cc7)nc(-c7ccccn7)c6)cc5)cc(-c5ccc(-c6cc(-c7[c-]cc(C(C)(C)CC)cc7)nc(-c7ccccn7)c6)cc5)c4)cc3)cc(-c3ccccn3)n2)cc1.[Cl][Pt+].[Cl][Pt+].[Cl][Pt+]. The predicted octanol–water partition coefficient (Wildman–Crippen LogP) is 24.6. The van der Waals surface area contributed by atoms with Gasteiger partial charge >= 0.3 is 84.6 Å². The van der Waals surface area contributed by atoms with Gasteiger partial charge in [0.15, 0.2) is 0 Å². The molecule has 12 heteroatoms. The second kappa shape index (κ2) is 34.2. The molecule has 99 heavy (non-hydrogen) atoms. The maximum absolute atomic E-state index is 5.18. The van der Waals surface area contributed by atoms with Crippen LogP contribution < -0.4 is 0 Å². The Morgan fingerprint density at radius 1 is 0.263 bits per heavy atom. The Bertz CT molecular complexity index is 4270. The monoisotopic (exact) mass is 1890 g/mol. The normalized spacial score (nSPS) is 11.3. The predicted molar refractivity (Wildman–Crippen MR) is 402 cm³/mol. The summed E-state index contributed by atoms with van der Waals surface area (Å²) in [6.07, 6.45) is 8.57. The van der Waals surface area contributed by atoms with Gasteiger partial charge in [0.2, 0.25) is 0 Å². The zero-order chi connectivity index (χ0) is 70.3. The molecule has 0 unspecified atom stereocenters. The van der Waals surface area contributed by atoms with E-state index in [1.165, 1.54) is 16.7 Å². The quantitative estimate of drug-likeness (QED) is 0.0797. The number of nitrogens with zero attached hydrogens (tertiary/aromatic N) is 6. The fourth-order valence-corrected chi connectivity index (χ4v) is 11.8. The summed E-state index contributed by atoms with van der Waals surface area (Å²) in [6.45, 7) is 20.4. The molecule has 13 rings (SSSR count). The molecule has 0 amide bonds. The van der Waals surface area contributed by atoms with E-state index in [1.807, 2.05) is 73.2 Å². The maximum atomic E-state index is 5.18. The second-order valence-corrected chi connectivity index (χ2v) is 26.2. The van der Waals surface area contributed by atoms with Crippen LogP contribution in [0.25, 0.3) is 135 Å². The number of hydrogen-bond donors (Lipinski definition) is 0. The van der Waals surface area contributed by atoms with Crippen molar-refractivity contribution >= 4 is 28.3 Å². The van der Waals surface area contributed by atoms with Crippen LogP contribution in [0, 0.1) is 18.2 Å². The summed E-state index contributed by atoms with van der Waals surface area (Å²) in [4.78, 5) is 29.7. The topological polar surface area (TPSA) is 77.3 Å². The molecule has 0 fully saturated rings. The third-order valence-electron chi connectivity index (χ3n) is 19.1. The summed E-state index contributed by atoms with van der Waals surface area (Å²) in [6, 6.07) is 94.9. The Morgan fingerprint density at radius 3 is 0.677 bits per heavy atom. The minimum absolute atomic E-state index is 0.0496. The number of halogens is 3.